The highest BCUT2D eigenvalue weighted by Gasteiger charge is 2.48. The average Bonchev–Trinajstić information content (AvgIpc) is 3.31. The van der Waals surface area contributed by atoms with Crippen molar-refractivity contribution in [3.05, 3.63) is 81.1 Å². The zero-order valence-electron chi connectivity index (χ0n) is 21.4. The number of thiophene rings is 1. The van der Waals surface area contributed by atoms with E-state index in [2.05, 4.69) is 11.8 Å². The van der Waals surface area contributed by atoms with Crippen molar-refractivity contribution in [1.29, 1.82) is 0 Å². The van der Waals surface area contributed by atoms with Crippen LogP contribution in [0.2, 0.25) is 0 Å². The molecule has 0 atom stereocenters. The molecule has 1 saturated heterocycles. The van der Waals surface area contributed by atoms with Crippen LogP contribution in [0.5, 0.6) is 5.75 Å². The van der Waals surface area contributed by atoms with Gasteiger partial charge in [0.2, 0.25) is 0 Å². The van der Waals surface area contributed by atoms with Crippen LogP contribution in [-0.4, -0.2) is 35.6 Å². The molecule has 200 valence electrons. The van der Waals surface area contributed by atoms with E-state index < -0.39 is 22.4 Å². The molecule has 0 saturated carbocycles. The van der Waals surface area contributed by atoms with Crippen LogP contribution in [0.15, 0.2) is 60.2 Å². The Morgan fingerprint density at radius 1 is 1.08 bits per heavy atom. The van der Waals surface area contributed by atoms with Gasteiger partial charge in [-0.2, -0.15) is 13.2 Å². The van der Waals surface area contributed by atoms with E-state index in [0.29, 0.717) is 35.7 Å². The molecule has 2 heterocycles. The molecule has 0 amide bonds. The van der Waals surface area contributed by atoms with Crippen LogP contribution in [0.3, 0.4) is 0 Å². The van der Waals surface area contributed by atoms with Gasteiger partial charge in [0.1, 0.15) is 17.2 Å². The van der Waals surface area contributed by atoms with E-state index in [0.717, 1.165) is 41.9 Å². The first-order valence-electron chi connectivity index (χ1n) is 12.8. The summed E-state index contributed by atoms with van der Waals surface area (Å²) in [5.41, 5.74) is 4.96. The molecule has 2 aliphatic rings. The number of rotatable bonds is 8. The molecule has 4 nitrogen and oxygen atoms in total. The van der Waals surface area contributed by atoms with Gasteiger partial charge in [-0.15, -0.1) is 11.3 Å². The Bertz CT molecular complexity index is 1370. The van der Waals surface area contributed by atoms with Gasteiger partial charge in [0.05, 0.1) is 5.41 Å². The van der Waals surface area contributed by atoms with Crippen LogP contribution < -0.4 is 4.74 Å². The van der Waals surface area contributed by atoms with Gasteiger partial charge >= 0.3 is 12.1 Å². The number of benzene rings is 2. The minimum atomic E-state index is -4.43. The second-order valence-corrected chi connectivity index (χ2v) is 11.4. The lowest BCUT2D eigenvalue weighted by Crippen LogP contribution is -2.60. The molecular weight excluding hydrogens is 511 g/mol. The Morgan fingerprint density at radius 3 is 2.47 bits per heavy atom. The molecule has 5 rings (SSSR count). The van der Waals surface area contributed by atoms with Gasteiger partial charge in [0.25, 0.3) is 0 Å². The number of hydrogen-bond acceptors (Lipinski definition) is 4. The molecule has 38 heavy (non-hydrogen) atoms. The van der Waals surface area contributed by atoms with E-state index in [1.807, 2.05) is 25.1 Å². The number of aliphatic carboxylic acids is 1. The molecule has 3 aromatic rings. The first kappa shape index (κ1) is 26.5. The Hall–Kier alpha value is -3.10. The van der Waals surface area contributed by atoms with E-state index in [9.17, 15) is 23.1 Å². The number of likely N-dealkylation sites (tertiary alicyclic amines) is 1. The van der Waals surface area contributed by atoms with E-state index >= 15 is 0 Å². The number of aryl methyl sites for hydroxylation is 1. The standard InChI is InChI=1S/C30H30F3NO3S/c1-3-29(28(35)36)17-34(18-29)15-22-10-9-21-13-23(11-12-25(21)19(22)2)37-16-24-14-26(20-7-5-4-6-8-20)27(38-24)30(31,32)33/h4-8,11-14H,3,9-10,15-18H2,1-2H3,(H,35,36). The predicted octanol–water partition coefficient (Wildman–Crippen LogP) is 7.53. The number of halogens is 3. The fourth-order valence-electron chi connectivity index (χ4n) is 5.51. The highest BCUT2D eigenvalue weighted by atomic mass is 32.1. The zero-order chi connectivity index (χ0) is 27.1. The molecule has 1 aliphatic heterocycles. The highest BCUT2D eigenvalue weighted by Crippen LogP contribution is 2.43. The summed E-state index contributed by atoms with van der Waals surface area (Å²) < 4.78 is 47.1. The van der Waals surface area contributed by atoms with Crippen molar-refractivity contribution in [2.75, 3.05) is 19.6 Å². The summed E-state index contributed by atoms with van der Waals surface area (Å²) in [6, 6.07) is 16.1. The summed E-state index contributed by atoms with van der Waals surface area (Å²) in [5.74, 6) is -0.0721. The number of allylic oxidation sites excluding steroid dienone is 1. The normalized spacial score (nSPS) is 17.2. The average molecular weight is 542 g/mol. The third-order valence-electron chi connectivity index (χ3n) is 7.81. The van der Waals surface area contributed by atoms with Crippen molar-refractivity contribution in [1.82, 2.24) is 4.90 Å². The number of carboxylic acid groups (broad SMARTS) is 1. The maximum Gasteiger partial charge on any atom is 0.426 e. The molecule has 0 unspecified atom stereocenters. The van der Waals surface area contributed by atoms with Gasteiger partial charge in [-0.25, -0.2) is 0 Å². The van der Waals surface area contributed by atoms with Crippen molar-refractivity contribution in [2.45, 2.75) is 45.9 Å². The molecule has 1 fully saturated rings. The number of nitrogens with zero attached hydrogens (tertiary/aromatic N) is 1. The van der Waals surface area contributed by atoms with Gasteiger partial charge in [0.15, 0.2) is 0 Å². The van der Waals surface area contributed by atoms with E-state index in [4.69, 9.17) is 4.74 Å². The van der Waals surface area contributed by atoms with E-state index in [1.54, 1.807) is 36.4 Å². The number of hydrogen-bond donors (Lipinski definition) is 1. The lowest BCUT2D eigenvalue weighted by atomic mass is 9.76. The first-order chi connectivity index (χ1) is 18.1. The molecule has 0 bridgehead atoms. The van der Waals surface area contributed by atoms with E-state index in [1.165, 1.54) is 11.1 Å². The van der Waals surface area contributed by atoms with E-state index in [-0.39, 0.29) is 12.2 Å². The highest BCUT2D eigenvalue weighted by molar-refractivity contribution is 7.12. The van der Waals surface area contributed by atoms with Crippen LogP contribution in [-0.2, 0) is 24.0 Å². The van der Waals surface area contributed by atoms with Crippen LogP contribution in [0.4, 0.5) is 13.2 Å². The van der Waals surface area contributed by atoms with Gasteiger partial charge in [-0.05, 0) is 66.6 Å². The SMILES string of the molecule is CCC1(C(=O)O)CN(CC2=C(C)c3ccc(OCc4cc(-c5ccccc5)c(C(F)(F)F)s4)cc3CC2)C1. The molecular formula is C30H30F3NO3S. The largest absolute Gasteiger partial charge is 0.488 e. The Balaban J connectivity index is 1.27. The molecule has 1 N–H and O–H groups in total. The Labute approximate surface area is 224 Å². The van der Waals surface area contributed by atoms with Crippen LogP contribution in [0.25, 0.3) is 16.7 Å². The third-order valence-corrected chi connectivity index (χ3v) is 8.96. The number of ether oxygens (including phenoxy) is 1. The summed E-state index contributed by atoms with van der Waals surface area (Å²) in [4.78, 5) is 13.7. The van der Waals surface area contributed by atoms with Gasteiger partial charge in [-0.3, -0.25) is 9.69 Å². The summed E-state index contributed by atoms with van der Waals surface area (Å²) in [6.07, 6.45) is -2.05. The smallest absolute Gasteiger partial charge is 0.426 e. The summed E-state index contributed by atoms with van der Waals surface area (Å²) >= 11 is 0.728. The van der Waals surface area contributed by atoms with Gasteiger partial charge in [0, 0.05) is 30.1 Å². The van der Waals surface area contributed by atoms with Gasteiger partial charge < -0.3 is 9.84 Å². The summed E-state index contributed by atoms with van der Waals surface area (Å²) in [7, 11) is 0. The molecule has 1 aliphatic carbocycles. The second kappa shape index (κ2) is 10.2. The quantitative estimate of drug-likeness (QED) is 0.320. The van der Waals surface area contributed by atoms with Crippen LogP contribution in [0.1, 0.15) is 47.6 Å². The maximum absolute atomic E-state index is 13.7. The topological polar surface area (TPSA) is 49.8 Å². The predicted molar refractivity (Wildman–Crippen MR) is 143 cm³/mol. The number of alkyl halides is 3. The van der Waals surface area contributed by atoms with Crippen molar-refractivity contribution < 1.29 is 27.8 Å². The van der Waals surface area contributed by atoms with Crippen molar-refractivity contribution in [2.24, 2.45) is 5.41 Å². The number of carboxylic acids is 1. The fourth-order valence-corrected chi connectivity index (χ4v) is 6.46. The number of fused-ring (bicyclic) bond motifs is 1. The van der Waals surface area contributed by atoms with Crippen molar-refractivity contribution in [3.63, 3.8) is 0 Å². The molecule has 0 radical (unpaired) electrons. The monoisotopic (exact) mass is 541 g/mol. The fraction of sp³-hybridized carbons (Fsp3) is 0.367. The third kappa shape index (κ3) is 5.12. The Kier molecular flexibility index (Phi) is 7.13. The van der Waals surface area contributed by atoms with Crippen molar-refractivity contribution >= 4 is 22.9 Å². The minimum absolute atomic E-state index is 0.0666. The Morgan fingerprint density at radius 2 is 1.82 bits per heavy atom. The maximum atomic E-state index is 13.7. The summed E-state index contributed by atoms with van der Waals surface area (Å²) in [6.45, 7) is 6.05. The minimum Gasteiger partial charge on any atom is -0.488 e. The second-order valence-electron chi connectivity index (χ2n) is 10.2. The lowest BCUT2D eigenvalue weighted by molar-refractivity contribution is -0.160. The lowest BCUT2D eigenvalue weighted by Gasteiger charge is -2.47. The summed E-state index contributed by atoms with van der Waals surface area (Å²) in [5, 5.41) is 9.53. The molecule has 0 spiro atoms. The molecule has 2 aromatic carbocycles. The molecule has 1 aromatic heterocycles. The van der Waals surface area contributed by atoms with Gasteiger partial charge in [-0.1, -0.05) is 48.9 Å². The molecule has 8 heteroatoms. The zero-order valence-corrected chi connectivity index (χ0v) is 22.2. The van der Waals surface area contributed by atoms with Crippen LogP contribution in [0, 0.1) is 5.41 Å². The number of carbonyl (C=O) groups is 1. The van der Waals surface area contributed by atoms with Crippen LogP contribution >= 0.6 is 11.3 Å². The first-order valence-corrected chi connectivity index (χ1v) is 13.6. The van der Waals surface area contributed by atoms with Crippen molar-refractivity contribution in [3.8, 4) is 16.9 Å².